The molecule has 7 heteroatoms. The number of aromatic nitrogens is 2. The number of carbonyl (C=O) groups excluding carboxylic acids is 1. The molecule has 3 rings (SSSR count). The minimum atomic E-state index is -0.181. The second-order valence-electron chi connectivity index (χ2n) is 4.79. The Kier molecular flexibility index (Phi) is 4.10. The minimum Gasteiger partial charge on any atom is -0.331 e. The van der Waals surface area contributed by atoms with Gasteiger partial charge < -0.3 is 15.2 Å². The van der Waals surface area contributed by atoms with Crippen LogP contribution < -0.4 is 10.9 Å². The van der Waals surface area contributed by atoms with E-state index < -0.39 is 0 Å². The molecule has 0 unspecified atom stereocenters. The Morgan fingerprint density at radius 2 is 2.10 bits per heavy atom. The van der Waals surface area contributed by atoms with Gasteiger partial charge in [0.05, 0.1) is 17.4 Å². The fraction of sp³-hybridized carbons (Fsp3) is 0.357. The molecule has 0 bridgehead atoms. The Bertz CT molecular complexity index is 709. The van der Waals surface area contributed by atoms with E-state index in [1.54, 1.807) is 23.1 Å². The van der Waals surface area contributed by atoms with Gasteiger partial charge in [-0.25, -0.2) is 9.78 Å². The van der Waals surface area contributed by atoms with E-state index in [1.165, 1.54) is 0 Å². The molecule has 1 saturated heterocycles. The summed E-state index contributed by atoms with van der Waals surface area (Å²) in [6, 6.07) is 7.05. The molecule has 1 aromatic carbocycles. The van der Waals surface area contributed by atoms with E-state index in [4.69, 9.17) is 0 Å². The number of nitrogens with one attached hydrogen (secondary N) is 2. The minimum absolute atomic E-state index is 0.105. The Morgan fingerprint density at radius 3 is 2.90 bits per heavy atom. The summed E-state index contributed by atoms with van der Waals surface area (Å²) in [4.78, 5) is 32.8. The van der Waals surface area contributed by atoms with Crippen LogP contribution in [0.4, 0.5) is 4.79 Å². The number of urea groups is 1. The predicted octanol–water partition coefficient (Wildman–Crippen LogP) is 1.18. The van der Waals surface area contributed by atoms with Gasteiger partial charge in [0.1, 0.15) is 5.82 Å². The average Bonchev–Trinajstić information content (AvgIpc) is 2.53. The van der Waals surface area contributed by atoms with Crippen molar-refractivity contribution in [2.75, 3.05) is 24.6 Å². The maximum atomic E-state index is 12.0. The van der Waals surface area contributed by atoms with Crippen LogP contribution in [-0.2, 0) is 6.54 Å². The molecule has 0 atom stereocenters. The number of fused-ring (bicyclic) bond motifs is 1. The standard InChI is InChI=1S/C14H16N4O2S/c19-13-10-3-1-2-4-11(10)16-12(17-13)9-15-14(20)18-5-7-21-8-6-18/h1-4H,5-9H2,(H,15,20)(H,16,17,19). The number of hydrogen-bond donors (Lipinski definition) is 2. The summed E-state index contributed by atoms with van der Waals surface area (Å²) >= 11 is 1.85. The Hall–Kier alpha value is -2.02. The largest absolute Gasteiger partial charge is 0.331 e. The maximum Gasteiger partial charge on any atom is 0.317 e. The van der Waals surface area contributed by atoms with Crippen molar-refractivity contribution >= 4 is 28.7 Å². The number of hydrogen-bond acceptors (Lipinski definition) is 4. The Labute approximate surface area is 125 Å². The molecule has 1 aliphatic rings. The second kappa shape index (κ2) is 6.17. The van der Waals surface area contributed by atoms with Crippen LogP contribution in [0.15, 0.2) is 29.1 Å². The zero-order chi connectivity index (χ0) is 14.7. The third-order valence-electron chi connectivity index (χ3n) is 3.37. The highest BCUT2D eigenvalue weighted by molar-refractivity contribution is 7.99. The van der Waals surface area contributed by atoms with E-state index in [2.05, 4.69) is 15.3 Å². The number of H-pyrrole nitrogens is 1. The summed E-state index contributed by atoms with van der Waals surface area (Å²) in [5, 5.41) is 3.36. The lowest BCUT2D eigenvalue weighted by Gasteiger charge is -2.26. The van der Waals surface area contributed by atoms with Crippen molar-refractivity contribution in [2.45, 2.75) is 6.54 Å². The van der Waals surface area contributed by atoms with E-state index in [9.17, 15) is 9.59 Å². The molecule has 1 fully saturated rings. The summed E-state index contributed by atoms with van der Waals surface area (Å²) in [5.41, 5.74) is 0.457. The van der Waals surface area contributed by atoms with Crippen LogP contribution in [0.25, 0.3) is 10.9 Å². The monoisotopic (exact) mass is 304 g/mol. The number of amides is 2. The summed E-state index contributed by atoms with van der Waals surface area (Å²) in [6.07, 6.45) is 0. The lowest BCUT2D eigenvalue weighted by molar-refractivity contribution is 0.202. The molecule has 0 spiro atoms. The quantitative estimate of drug-likeness (QED) is 0.873. The number of para-hydroxylation sites is 1. The number of rotatable bonds is 2. The highest BCUT2D eigenvalue weighted by Gasteiger charge is 2.16. The van der Waals surface area contributed by atoms with Crippen LogP contribution in [0.5, 0.6) is 0 Å². The number of carbonyl (C=O) groups is 1. The predicted molar refractivity (Wildman–Crippen MR) is 83.5 cm³/mol. The van der Waals surface area contributed by atoms with Gasteiger partial charge in [-0.05, 0) is 12.1 Å². The molecule has 2 heterocycles. The SMILES string of the molecule is O=C(NCc1nc2ccccc2c(=O)[nH]1)N1CCSCC1. The first-order valence-corrected chi connectivity index (χ1v) is 7.98. The van der Waals surface area contributed by atoms with E-state index in [-0.39, 0.29) is 18.1 Å². The summed E-state index contributed by atoms with van der Waals surface area (Å²) in [5.74, 6) is 2.41. The average molecular weight is 304 g/mol. The lowest BCUT2D eigenvalue weighted by atomic mass is 10.2. The molecule has 1 aliphatic heterocycles. The summed E-state index contributed by atoms with van der Waals surface area (Å²) in [7, 11) is 0. The molecule has 2 amide bonds. The van der Waals surface area contributed by atoms with Crippen molar-refractivity contribution in [1.29, 1.82) is 0 Å². The van der Waals surface area contributed by atoms with Gasteiger partial charge in [0.25, 0.3) is 5.56 Å². The van der Waals surface area contributed by atoms with Crippen LogP contribution >= 0.6 is 11.8 Å². The first-order chi connectivity index (χ1) is 10.2. The molecular formula is C14H16N4O2S. The Morgan fingerprint density at radius 1 is 1.33 bits per heavy atom. The van der Waals surface area contributed by atoms with Crippen LogP contribution in [0.2, 0.25) is 0 Å². The van der Waals surface area contributed by atoms with Crippen molar-refractivity contribution < 1.29 is 4.79 Å². The van der Waals surface area contributed by atoms with Crippen LogP contribution in [0.3, 0.4) is 0 Å². The molecule has 0 aliphatic carbocycles. The van der Waals surface area contributed by atoms with Crippen LogP contribution in [-0.4, -0.2) is 45.5 Å². The first-order valence-electron chi connectivity index (χ1n) is 6.82. The Balaban J connectivity index is 1.70. The summed E-state index contributed by atoms with van der Waals surface area (Å²) in [6.45, 7) is 1.75. The van der Waals surface area contributed by atoms with Gasteiger partial charge >= 0.3 is 6.03 Å². The van der Waals surface area contributed by atoms with E-state index >= 15 is 0 Å². The zero-order valence-electron chi connectivity index (χ0n) is 11.5. The molecule has 0 radical (unpaired) electrons. The molecular weight excluding hydrogens is 288 g/mol. The number of benzene rings is 1. The van der Waals surface area contributed by atoms with Crippen molar-refractivity contribution in [3.63, 3.8) is 0 Å². The fourth-order valence-corrected chi connectivity index (χ4v) is 3.16. The van der Waals surface area contributed by atoms with Gasteiger partial charge in [0.2, 0.25) is 0 Å². The van der Waals surface area contributed by atoms with Gasteiger partial charge in [-0.15, -0.1) is 0 Å². The number of nitrogens with zero attached hydrogens (tertiary/aromatic N) is 2. The van der Waals surface area contributed by atoms with Gasteiger partial charge in [0, 0.05) is 24.6 Å². The molecule has 21 heavy (non-hydrogen) atoms. The van der Waals surface area contributed by atoms with E-state index in [1.807, 2.05) is 17.8 Å². The molecule has 2 aromatic rings. The smallest absolute Gasteiger partial charge is 0.317 e. The number of aromatic amines is 1. The highest BCUT2D eigenvalue weighted by Crippen LogP contribution is 2.09. The highest BCUT2D eigenvalue weighted by atomic mass is 32.2. The van der Waals surface area contributed by atoms with Gasteiger partial charge in [-0.2, -0.15) is 11.8 Å². The molecule has 2 N–H and O–H groups in total. The van der Waals surface area contributed by atoms with Crippen LogP contribution in [0, 0.1) is 0 Å². The van der Waals surface area contributed by atoms with E-state index in [0.29, 0.717) is 16.7 Å². The third-order valence-corrected chi connectivity index (χ3v) is 4.31. The van der Waals surface area contributed by atoms with Crippen molar-refractivity contribution in [2.24, 2.45) is 0 Å². The normalized spacial score (nSPS) is 15.1. The topological polar surface area (TPSA) is 78.1 Å². The lowest BCUT2D eigenvalue weighted by Crippen LogP contribution is -2.44. The summed E-state index contributed by atoms with van der Waals surface area (Å²) < 4.78 is 0. The second-order valence-corrected chi connectivity index (χ2v) is 6.01. The maximum absolute atomic E-state index is 12.0. The number of thioether (sulfide) groups is 1. The molecule has 6 nitrogen and oxygen atoms in total. The first kappa shape index (κ1) is 13.9. The zero-order valence-corrected chi connectivity index (χ0v) is 12.3. The van der Waals surface area contributed by atoms with Crippen LogP contribution in [0.1, 0.15) is 5.82 Å². The third kappa shape index (κ3) is 3.18. The fourth-order valence-electron chi connectivity index (χ4n) is 2.26. The van der Waals surface area contributed by atoms with E-state index in [0.717, 1.165) is 24.6 Å². The van der Waals surface area contributed by atoms with Crippen molar-refractivity contribution in [3.8, 4) is 0 Å². The molecule has 110 valence electrons. The van der Waals surface area contributed by atoms with Gasteiger partial charge in [0.15, 0.2) is 0 Å². The molecule has 0 saturated carbocycles. The van der Waals surface area contributed by atoms with Gasteiger partial charge in [-0.1, -0.05) is 12.1 Å². The van der Waals surface area contributed by atoms with Crippen molar-refractivity contribution in [1.82, 2.24) is 20.2 Å². The van der Waals surface area contributed by atoms with Gasteiger partial charge in [-0.3, -0.25) is 4.79 Å². The molecule has 1 aromatic heterocycles. The van der Waals surface area contributed by atoms with Crippen molar-refractivity contribution in [3.05, 3.63) is 40.4 Å².